The molecule has 1 fully saturated rings. The number of hydrogen-bond acceptors (Lipinski definition) is 3. The van der Waals surface area contributed by atoms with E-state index in [1.54, 1.807) is 0 Å². The summed E-state index contributed by atoms with van der Waals surface area (Å²) >= 11 is 0. The Labute approximate surface area is 120 Å². The van der Waals surface area contributed by atoms with Gasteiger partial charge >= 0.3 is 0 Å². The number of anilines is 1. The summed E-state index contributed by atoms with van der Waals surface area (Å²) < 4.78 is 11.0. The van der Waals surface area contributed by atoms with E-state index in [4.69, 9.17) is 9.47 Å². The highest BCUT2D eigenvalue weighted by Gasteiger charge is 2.25. The molecule has 1 aromatic carbocycles. The zero-order valence-corrected chi connectivity index (χ0v) is 12.0. The van der Waals surface area contributed by atoms with Crippen LogP contribution < -0.4 is 14.8 Å². The molecule has 3 heteroatoms. The predicted octanol–water partition coefficient (Wildman–Crippen LogP) is 3.97. The Morgan fingerprint density at radius 1 is 1.00 bits per heavy atom. The Balaban J connectivity index is 1.46. The van der Waals surface area contributed by atoms with E-state index in [-0.39, 0.29) is 0 Å². The van der Waals surface area contributed by atoms with Crippen molar-refractivity contribution >= 4 is 5.69 Å². The van der Waals surface area contributed by atoms with Crippen LogP contribution in [0.2, 0.25) is 0 Å². The van der Waals surface area contributed by atoms with Crippen LogP contribution in [-0.4, -0.2) is 13.3 Å². The highest BCUT2D eigenvalue weighted by molar-refractivity contribution is 5.62. The van der Waals surface area contributed by atoms with Crippen LogP contribution in [0.1, 0.15) is 44.1 Å². The molecule has 1 atom stereocenters. The van der Waals surface area contributed by atoms with E-state index in [1.165, 1.54) is 56.2 Å². The van der Waals surface area contributed by atoms with Crippen LogP contribution in [0.25, 0.3) is 0 Å². The number of rotatable bonds is 2. The van der Waals surface area contributed by atoms with Crippen molar-refractivity contribution in [2.75, 3.05) is 18.7 Å². The van der Waals surface area contributed by atoms with Crippen LogP contribution in [0.4, 0.5) is 5.69 Å². The van der Waals surface area contributed by atoms with Crippen molar-refractivity contribution in [3.05, 3.63) is 17.7 Å². The monoisotopic (exact) mass is 273 g/mol. The molecule has 2 heterocycles. The standard InChI is InChI=1S/C17H23NO2/c1-2-4-12(5-3-1)6-13-7-14-8-16-17(20-11-19-16)9-15(14)18-10-13/h8-9,12-13,18H,1-7,10-11H2. The molecule has 1 saturated carbocycles. The number of nitrogens with one attached hydrogen (secondary N) is 1. The first-order valence-electron chi connectivity index (χ1n) is 8.05. The van der Waals surface area contributed by atoms with E-state index in [0.717, 1.165) is 29.9 Å². The van der Waals surface area contributed by atoms with Gasteiger partial charge in [0.05, 0.1) is 0 Å². The maximum Gasteiger partial charge on any atom is 0.231 e. The van der Waals surface area contributed by atoms with Crippen LogP contribution in [0.3, 0.4) is 0 Å². The molecule has 1 unspecified atom stereocenters. The summed E-state index contributed by atoms with van der Waals surface area (Å²) in [4.78, 5) is 0. The van der Waals surface area contributed by atoms with Crippen LogP contribution in [0, 0.1) is 11.8 Å². The normalized spacial score (nSPS) is 25.1. The molecule has 3 nitrogen and oxygen atoms in total. The van der Waals surface area contributed by atoms with Crippen LogP contribution in [0.15, 0.2) is 12.1 Å². The average Bonchev–Trinajstić information content (AvgIpc) is 2.93. The summed E-state index contributed by atoms with van der Waals surface area (Å²) in [5.74, 6) is 3.56. The first-order valence-corrected chi connectivity index (χ1v) is 8.05. The van der Waals surface area contributed by atoms with Crippen molar-refractivity contribution in [2.24, 2.45) is 11.8 Å². The molecule has 4 rings (SSSR count). The highest BCUT2D eigenvalue weighted by atomic mass is 16.7. The van der Waals surface area contributed by atoms with Gasteiger partial charge in [-0.3, -0.25) is 0 Å². The molecular weight excluding hydrogens is 250 g/mol. The molecule has 1 N–H and O–H groups in total. The lowest BCUT2D eigenvalue weighted by atomic mass is 9.80. The van der Waals surface area contributed by atoms with E-state index >= 15 is 0 Å². The SMILES string of the molecule is c1c2c(cc3c1OCO3)NCC(CC1CCCCC1)C2. The first-order chi connectivity index (χ1) is 9.88. The summed E-state index contributed by atoms with van der Waals surface area (Å²) in [6.45, 7) is 1.48. The number of ether oxygens (including phenoxy) is 2. The van der Waals surface area contributed by atoms with Crippen molar-refractivity contribution in [3.63, 3.8) is 0 Å². The van der Waals surface area contributed by atoms with Crippen molar-refractivity contribution in [3.8, 4) is 11.5 Å². The molecule has 20 heavy (non-hydrogen) atoms. The zero-order chi connectivity index (χ0) is 13.4. The molecule has 0 spiro atoms. The molecular formula is C17H23NO2. The van der Waals surface area contributed by atoms with Gasteiger partial charge in [0.2, 0.25) is 6.79 Å². The maximum absolute atomic E-state index is 5.50. The third-order valence-corrected chi connectivity index (χ3v) is 5.08. The van der Waals surface area contributed by atoms with E-state index < -0.39 is 0 Å². The fraction of sp³-hybridized carbons (Fsp3) is 0.647. The molecule has 0 radical (unpaired) electrons. The van der Waals surface area contributed by atoms with Crippen LogP contribution >= 0.6 is 0 Å². The van der Waals surface area contributed by atoms with Crippen molar-refractivity contribution in [1.82, 2.24) is 0 Å². The molecule has 1 aromatic rings. The Kier molecular flexibility index (Phi) is 3.21. The van der Waals surface area contributed by atoms with E-state index in [2.05, 4.69) is 17.4 Å². The topological polar surface area (TPSA) is 30.5 Å². The highest BCUT2D eigenvalue weighted by Crippen LogP contribution is 2.40. The molecule has 108 valence electrons. The zero-order valence-electron chi connectivity index (χ0n) is 12.0. The molecule has 0 amide bonds. The van der Waals surface area contributed by atoms with E-state index in [1.807, 2.05) is 0 Å². The molecule has 0 bridgehead atoms. The number of benzene rings is 1. The quantitative estimate of drug-likeness (QED) is 0.884. The fourth-order valence-electron chi connectivity index (χ4n) is 4.02. The van der Waals surface area contributed by atoms with Gasteiger partial charge in [-0.1, -0.05) is 32.1 Å². The lowest BCUT2D eigenvalue weighted by Crippen LogP contribution is -2.25. The van der Waals surface area contributed by atoms with E-state index in [0.29, 0.717) is 6.79 Å². The number of fused-ring (bicyclic) bond motifs is 2. The van der Waals surface area contributed by atoms with Gasteiger partial charge in [-0.25, -0.2) is 0 Å². The second-order valence-electron chi connectivity index (χ2n) is 6.55. The Bertz CT molecular complexity index is 494. The largest absolute Gasteiger partial charge is 0.454 e. The van der Waals surface area contributed by atoms with Gasteiger partial charge in [-0.05, 0) is 36.3 Å². The van der Waals surface area contributed by atoms with Gasteiger partial charge in [0.1, 0.15) is 0 Å². The third-order valence-electron chi connectivity index (χ3n) is 5.08. The smallest absolute Gasteiger partial charge is 0.231 e. The minimum absolute atomic E-state index is 0.365. The summed E-state index contributed by atoms with van der Waals surface area (Å²) in [6.07, 6.45) is 9.82. The lowest BCUT2D eigenvalue weighted by Gasteiger charge is -2.31. The van der Waals surface area contributed by atoms with Gasteiger partial charge in [0, 0.05) is 18.3 Å². The van der Waals surface area contributed by atoms with Gasteiger partial charge in [0.15, 0.2) is 11.5 Å². The Morgan fingerprint density at radius 2 is 1.80 bits per heavy atom. The summed E-state index contributed by atoms with van der Waals surface area (Å²) in [7, 11) is 0. The second kappa shape index (κ2) is 5.19. The molecule has 0 aromatic heterocycles. The molecule has 0 saturated heterocycles. The predicted molar refractivity (Wildman–Crippen MR) is 79.4 cm³/mol. The molecule has 1 aliphatic carbocycles. The maximum atomic E-state index is 5.50. The van der Waals surface area contributed by atoms with Gasteiger partial charge in [-0.2, -0.15) is 0 Å². The fourth-order valence-corrected chi connectivity index (χ4v) is 4.02. The van der Waals surface area contributed by atoms with Gasteiger partial charge in [-0.15, -0.1) is 0 Å². The minimum atomic E-state index is 0.365. The minimum Gasteiger partial charge on any atom is -0.454 e. The van der Waals surface area contributed by atoms with E-state index in [9.17, 15) is 0 Å². The summed E-state index contributed by atoms with van der Waals surface area (Å²) in [6, 6.07) is 4.28. The van der Waals surface area contributed by atoms with Crippen molar-refractivity contribution < 1.29 is 9.47 Å². The van der Waals surface area contributed by atoms with Crippen LogP contribution in [-0.2, 0) is 6.42 Å². The Hall–Kier alpha value is -1.38. The average molecular weight is 273 g/mol. The molecule has 2 aliphatic heterocycles. The summed E-state index contributed by atoms with van der Waals surface area (Å²) in [5.41, 5.74) is 2.65. The van der Waals surface area contributed by atoms with Crippen molar-refractivity contribution in [2.45, 2.75) is 44.9 Å². The number of hydrogen-bond donors (Lipinski definition) is 1. The first kappa shape index (κ1) is 12.4. The molecule has 3 aliphatic rings. The second-order valence-corrected chi connectivity index (χ2v) is 6.55. The Morgan fingerprint density at radius 3 is 2.65 bits per heavy atom. The summed E-state index contributed by atoms with van der Waals surface area (Å²) in [5, 5.41) is 3.60. The third kappa shape index (κ3) is 2.34. The van der Waals surface area contributed by atoms with Gasteiger partial charge < -0.3 is 14.8 Å². The lowest BCUT2D eigenvalue weighted by molar-refractivity contribution is 0.174. The van der Waals surface area contributed by atoms with Gasteiger partial charge in [0.25, 0.3) is 0 Å². The van der Waals surface area contributed by atoms with Crippen molar-refractivity contribution in [1.29, 1.82) is 0 Å². The van der Waals surface area contributed by atoms with Crippen LogP contribution in [0.5, 0.6) is 11.5 Å².